The number of aromatic amines is 1. The van der Waals surface area contributed by atoms with E-state index in [0.29, 0.717) is 46.6 Å². The van der Waals surface area contributed by atoms with Crippen molar-refractivity contribution >= 4 is 10.9 Å². The van der Waals surface area contributed by atoms with Gasteiger partial charge in [-0.2, -0.15) is 0 Å². The van der Waals surface area contributed by atoms with Gasteiger partial charge in [0, 0.05) is 17.5 Å². The third-order valence-electron chi connectivity index (χ3n) is 6.05. The molecule has 6 nitrogen and oxygen atoms in total. The molecule has 3 N–H and O–H groups in total. The van der Waals surface area contributed by atoms with Crippen LogP contribution in [0.4, 0.5) is 0 Å². The molecule has 2 aromatic carbocycles. The molecule has 3 rings (SSSR count). The molecule has 0 aliphatic heterocycles. The molecule has 0 aliphatic carbocycles. The van der Waals surface area contributed by atoms with E-state index in [9.17, 15) is 4.79 Å². The van der Waals surface area contributed by atoms with Crippen LogP contribution in [0, 0.1) is 5.92 Å². The average Bonchev–Trinajstić information content (AvgIpc) is 2.78. The van der Waals surface area contributed by atoms with Crippen molar-refractivity contribution in [2.24, 2.45) is 5.92 Å². The summed E-state index contributed by atoms with van der Waals surface area (Å²) in [5.74, 6) is 2.72. The van der Waals surface area contributed by atoms with Gasteiger partial charge in [0.2, 0.25) is 0 Å². The Hall–Kier alpha value is -2.86. The quantitative estimate of drug-likeness (QED) is 0.546. The lowest BCUT2D eigenvalue weighted by Crippen LogP contribution is -2.85. The lowest BCUT2D eigenvalue weighted by Gasteiger charge is -2.20. The molecular formula is C25H34N3O3+. The fourth-order valence-corrected chi connectivity index (χ4v) is 3.93. The Morgan fingerprint density at radius 1 is 1.00 bits per heavy atom. The summed E-state index contributed by atoms with van der Waals surface area (Å²) < 4.78 is 10.7. The van der Waals surface area contributed by atoms with Crippen molar-refractivity contribution in [3.63, 3.8) is 0 Å². The van der Waals surface area contributed by atoms with Crippen LogP contribution in [0.2, 0.25) is 0 Å². The van der Waals surface area contributed by atoms with Gasteiger partial charge in [-0.05, 0) is 24.0 Å². The summed E-state index contributed by atoms with van der Waals surface area (Å²) in [6.07, 6.45) is 1.14. The van der Waals surface area contributed by atoms with E-state index < -0.39 is 0 Å². The maximum absolute atomic E-state index is 12.6. The van der Waals surface area contributed by atoms with Crippen LogP contribution in [0.5, 0.6) is 11.5 Å². The molecule has 6 heteroatoms. The summed E-state index contributed by atoms with van der Waals surface area (Å²) in [6, 6.07) is 12.6. The van der Waals surface area contributed by atoms with Gasteiger partial charge in [-0.25, -0.2) is 4.98 Å². The van der Waals surface area contributed by atoms with Gasteiger partial charge >= 0.3 is 0 Å². The first-order chi connectivity index (χ1) is 14.9. The van der Waals surface area contributed by atoms with Gasteiger partial charge in [0.15, 0.2) is 17.3 Å². The molecule has 0 unspecified atom stereocenters. The number of fused-ring (bicyclic) bond motifs is 1. The Bertz CT molecular complexity index is 1070. The first-order valence-electron chi connectivity index (χ1n) is 11.0. The number of hydrogen-bond donors (Lipinski definition) is 2. The van der Waals surface area contributed by atoms with E-state index in [1.54, 1.807) is 26.4 Å². The zero-order valence-corrected chi connectivity index (χ0v) is 19.4. The van der Waals surface area contributed by atoms with E-state index in [0.717, 1.165) is 6.42 Å². The Kier molecular flexibility index (Phi) is 7.33. The van der Waals surface area contributed by atoms with Gasteiger partial charge < -0.3 is 19.8 Å². The van der Waals surface area contributed by atoms with E-state index in [1.807, 2.05) is 0 Å². The minimum atomic E-state index is -0.173. The first kappa shape index (κ1) is 22.8. The van der Waals surface area contributed by atoms with Crippen molar-refractivity contribution in [1.29, 1.82) is 0 Å². The third kappa shape index (κ3) is 5.07. The van der Waals surface area contributed by atoms with Crippen LogP contribution in [0.1, 0.15) is 63.0 Å². The molecule has 0 saturated heterocycles. The highest BCUT2D eigenvalue weighted by molar-refractivity contribution is 5.81. The highest BCUT2D eigenvalue weighted by Gasteiger charge is 2.20. The topological polar surface area (TPSA) is 80.8 Å². The average molecular weight is 425 g/mol. The molecule has 1 heterocycles. The fourth-order valence-electron chi connectivity index (χ4n) is 3.93. The van der Waals surface area contributed by atoms with Crippen LogP contribution in [0.25, 0.3) is 10.9 Å². The second kappa shape index (κ2) is 9.96. The predicted molar refractivity (Wildman–Crippen MR) is 124 cm³/mol. The van der Waals surface area contributed by atoms with Crippen LogP contribution >= 0.6 is 0 Å². The molecule has 0 saturated carbocycles. The number of nitrogens with zero attached hydrogens (tertiary/aromatic N) is 1. The molecule has 31 heavy (non-hydrogen) atoms. The number of H-pyrrole nitrogens is 1. The number of nitrogens with two attached hydrogens (primary N) is 1. The van der Waals surface area contributed by atoms with Gasteiger partial charge in [0.25, 0.3) is 5.56 Å². The van der Waals surface area contributed by atoms with Crippen molar-refractivity contribution in [3.8, 4) is 11.5 Å². The molecule has 0 amide bonds. The lowest BCUT2D eigenvalue weighted by atomic mass is 9.92. The number of methoxy groups -OCH3 is 2. The van der Waals surface area contributed by atoms with Crippen LogP contribution in [-0.4, -0.2) is 24.2 Å². The van der Waals surface area contributed by atoms with Gasteiger partial charge in [0.05, 0.1) is 25.1 Å². The second-order valence-corrected chi connectivity index (χ2v) is 8.42. The largest absolute Gasteiger partial charge is 0.493 e. The third-order valence-corrected chi connectivity index (χ3v) is 6.05. The molecule has 0 radical (unpaired) electrons. The van der Waals surface area contributed by atoms with Gasteiger partial charge in [0.1, 0.15) is 12.6 Å². The summed E-state index contributed by atoms with van der Waals surface area (Å²) >= 11 is 0. The summed E-state index contributed by atoms with van der Waals surface area (Å²) in [4.78, 5) is 20.2. The first-order valence-corrected chi connectivity index (χ1v) is 11.0. The van der Waals surface area contributed by atoms with Crippen molar-refractivity contribution < 1.29 is 14.8 Å². The van der Waals surface area contributed by atoms with E-state index >= 15 is 0 Å². The highest BCUT2D eigenvalue weighted by atomic mass is 16.5. The van der Waals surface area contributed by atoms with Crippen molar-refractivity contribution in [2.45, 2.75) is 52.6 Å². The molecule has 0 fully saturated rings. The zero-order valence-electron chi connectivity index (χ0n) is 19.4. The van der Waals surface area contributed by atoms with Crippen LogP contribution in [0.15, 0.2) is 41.2 Å². The number of aromatic nitrogens is 2. The van der Waals surface area contributed by atoms with Gasteiger partial charge in [-0.1, -0.05) is 52.0 Å². The van der Waals surface area contributed by atoms with Crippen LogP contribution in [0.3, 0.4) is 0 Å². The van der Waals surface area contributed by atoms with E-state index in [1.165, 1.54) is 11.1 Å². The smallest absolute Gasteiger partial charge is 0.259 e. The van der Waals surface area contributed by atoms with Crippen molar-refractivity contribution in [2.75, 3.05) is 14.2 Å². The van der Waals surface area contributed by atoms with Crippen LogP contribution < -0.4 is 20.3 Å². The Labute approximate surface area is 184 Å². The number of quaternary nitrogens is 1. The molecule has 0 spiro atoms. The molecule has 2 atom stereocenters. The summed E-state index contributed by atoms with van der Waals surface area (Å²) in [6.45, 7) is 9.49. The van der Waals surface area contributed by atoms with Gasteiger partial charge in [-0.3, -0.25) is 4.79 Å². The summed E-state index contributed by atoms with van der Waals surface area (Å²) in [5.41, 5.74) is 3.09. The maximum atomic E-state index is 12.6. The Balaban J connectivity index is 1.84. The summed E-state index contributed by atoms with van der Waals surface area (Å²) in [5, 5.41) is 2.73. The molecule has 166 valence electrons. The molecule has 1 aromatic heterocycles. The second-order valence-electron chi connectivity index (χ2n) is 8.42. The number of rotatable bonds is 9. The number of hydrogen-bond acceptors (Lipinski definition) is 4. The maximum Gasteiger partial charge on any atom is 0.259 e. The van der Waals surface area contributed by atoms with Crippen molar-refractivity contribution in [1.82, 2.24) is 9.97 Å². The van der Waals surface area contributed by atoms with E-state index in [2.05, 4.69) is 67.2 Å². The molecule has 0 bridgehead atoms. The van der Waals surface area contributed by atoms with Crippen molar-refractivity contribution in [3.05, 3.63) is 63.7 Å². The summed E-state index contributed by atoms with van der Waals surface area (Å²) in [7, 11) is 3.13. The minimum Gasteiger partial charge on any atom is -0.493 e. The van der Waals surface area contributed by atoms with Crippen LogP contribution in [-0.2, 0) is 6.54 Å². The lowest BCUT2D eigenvalue weighted by molar-refractivity contribution is -0.718. The normalized spacial score (nSPS) is 13.4. The van der Waals surface area contributed by atoms with E-state index in [-0.39, 0.29) is 11.6 Å². The number of ether oxygens (including phenoxy) is 2. The number of benzene rings is 2. The molecule has 0 aliphatic rings. The molecular weight excluding hydrogens is 390 g/mol. The van der Waals surface area contributed by atoms with E-state index in [4.69, 9.17) is 9.47 Å². The Morgan fingerprint density at radius 2 is 1.61 bits per heavy atom. The van der Waals surface area contributed by atoms with Gasteiger partial charge in [-0.15, -0.1) is 0 Å². The zero-order chi connectivity index (χ0) is 22.5. The predicted octanol–water partition coefficient (Wildman–Crippen LogP) is 3.91. The highest BCUT2D eigenvalue weighted by Crippen LogP contribution is 2.30. The number of nitrogens with one attached hydrogen (secondary N) is 1. The fraction of sp³-hybridized carbons (Fsp3) is 0.440. The SMILES string of the molecule is CC[C@@H](C)c1ccc([C@@H]([NH2+]Cc2nc3cc(OC)c(OC)cc3c(=O)[nH]2)C(C)C)cc1. The monoisotopic (exact) mass is 424 g/mol. The standard InChI is InChI=1S/C25H33N3O3/c1-7-16(4)17-8-10-18(11-9-17)24(15(2)3)26-14-23-27-20-13-22(31-6)21(30-5)12-19(20)25(29)28-23/h8-13,15-16,24,26H,7,14H2,1-6H3,(H,27,28,29)/p+1/t16-,24+/m1/s1. The Morgan fingerprint density at radius 3 is 2.19 bits per heavy atom. The molecule has 3 aromatic rings. The minimum absolute atomic E-state index is 0.173.